The minimum absolute atomic E-state index is 0.0550. The van der Waals surface area contributed by atoms with Crippen LogP contribution >= 0.6 is 0 Å². The molecule has 1 saturated carbocycles. The fourth-order valence-corrected chi connectivity index (χ4v) is 4.65. The zero-order valence-corrected chi connectivity index (χ0v) is 14.3. The monoisotopic (exact) mass is 336 g/mol. The molecule has 2 aliphatic rings. The van der Waals surface area contributed by atoms with E-state index in [2.05, 4.69) is 6.07 Å². The van der Waals surface area contributed by atoms with Gasteiger partial charge in [0.05, 0.1) is 11.8 Å². The fraction of sp³-hybridized carbons (Fsp3) is 0.588. The van der Waals surface area contributed by atoms with Crippen LogP contribution in [0.25, 0.3) is 0 Å². The van der Waals surface area contributed by atoms with Gasteiger partial charge in [-0.25, -0.2) is 8.42 Å². The summed E-state index contributed by atoms with van der Waals surface area (Å²) in [5.41, 5.74) is 8.27. The number of para-hydroxylation sites is 1. The number of carbonyl (C=O) groups is 1. The van der Waals surface area contributed by atoms with Gasteiger partial charge < -0.3 is 10.6 Å². The molecule has 1 heterocycles. The van der Waals surface area contributed by atoms with Gasteiger partial charge in [-0.15, -0.1) is 0 Å². The number of carbonyl (C=O) groups excluding carboxylic acids is 1. The van der Waals surface area contributed by atoms with Crippen molar-refractivity contribution in [1.29, 1.82) is 0 Å². The number of nitrogens with two attached hydrogens (primary N) is 1. The zero-order chi connectivity index (χ0) is 16.7. The summed E-state index contributed by atoms with van der Waals surface area (Å²) in [6, 6.07) is 7.29. The van der Waals surface area contributed by atoms with Crippen molar-refractivity contribution in [3.8, 4) is 0 Å². The number of anilines is 1. The Balaban J connectivity index is 1.82. The van der Waals surface area contributed by atoms with E-state index in [0.717, 1.165) is 18.5 Å². The summed E-state index contributed by atoms with van der Waals surface area (Å²) in [7, 11) is -3.11. The van der Waals surface area contributed by atoms with Crippen molar-refractivity contribution < 1.29 is 13.2 Å². The Bertz CT molecular complexity index is 708. The van der Waals surface area contributed by atoms with E-state index in [1.165, 1.54) is 24.7 Å². The van der Waals surface area contributed by atoms with E-state index >= 15 is 0 Å². The highest BCUT2D eigenvalue weighted by molar-refractivity contribution is 7.90. The van der Waals surface area contributed by atoms with Crippen LogP contribution in [0.15, 0.2) is 24.3 Å². The summed E-state index contributed by atoms with van der Waals surface area (Å²) >= 11 is 0. The SMILES string of the molecule is CS(=O)(=O)CC[C@@H](N)C(=O)N1CC2(CCCC2)c2ccccc21. The molecule has 3 rings (SSSR count). The van der Waals surface area contributed by atoms with Gasteiger partial charge in [0.1, 0.15) is 9.84 Å². The van der Waals surface area contributed by atoms with E-state index in [-0.39, 0.29) is 23.5 Å². The molecule has 1 fully saturated rings. The Morgan fingerprint density at radius 1 is 1.30 bits per heavy atom. The van der Waals surface area contributed by atoms with Crippen LogP contribution in [-0.2, 0) is 20.0 Å². The summed E-state index contributed by atoms with van der Waals surface area (Å²) < 4.78 is 22.6. The first-order valence-corrected chi connectivity index (χ1v) is 10.2. The first-order chi connectivity index (χ1) is 10.8. The van der Waals surface area contributed by atoms with E-state index < -0.39 is 15.9 Å². The standard InChI is InChI=1S/C17H24N2O3S/c1-23(21,22)11-8-14(18)16(20)19-12-17(9-4-5-10-17)13-6-2-3-7-15(13)19/h2-3,6-7,14H,4-5,8-12,18H2,1H3/t14-/m1/s1. The molecule has 126 valence electrons. The summed E-state index contributed by atoms with van der Waals surface area (Å²) in [5.74, 6) is -0.217. The number of hydrogen-bond acceptors (Lipinski definition) is 4. The van der Waals surface area contributed by atoms with E-state index in [1.807, 2.05) is 18.2 Å². The third-order valence-electron chi connectivity index (χ3n) is 5.17. The van der Waals surface area contributed by atoms with Crippen molar-refractivity contribution in [2.45, 2.75) is 43.6 Å². The fourth-order valence-electron chi connectivity index (χ4n) is 3.97. The van der Waals surface area contributed by atoms with Gasteiger partial charge in [0.15, 0.2) is 0 Å². The molecule has 0 saturated heterocycles. The lowest BCUT2D eigenvalue weighted by Crippen LogP contribution is -2.46. The maximum absolute atomic E-state index is 12.8. The highest BCUT2D eigenvalue weighted by Gasteiger charge is 2.46. The number of benzene rings is 1. The van der Waals surface area contributed by atoms with Crippen molar-refractivity contribution in [2.75, 3.05) is 23.5 Å². The lowest BCUT2D eigenvalue weighted by Gasteiger charge is -2.26. The molecule has 0 unspecified atom stereocenters. The zero-order valence-electron chi connectivity index (χ0n) is 13.5. The molecule has 1 aromatic rings. The van der Waals surface area contributed by atoms with E-state index in [9.17, 15) is 13.2 Å². The highest BCUT2D eigenvalue weighted by atomic mass is 32.2. The average molecular weight is 336 g/mol. The molecular weight excluding hydrogens is 312 g/mol. The smallest absolute Gasteiger partial charge is 0.243 e. The number of nitrogens with zero attached hydrogens (tertiary/aromatic N) is 1. The minimum atomic E-state index is -3.11. The van der Waals surface area contributed by atoms with Gasteiger partial charge in [-0.3, -0.25) is 4.79 Å². The molecule has 1 atom stereocenters. The van der Waals surface area contributed by atoms with Crippen molar-refractivity contribution >= 4 is 21.4 Å². The summed E-state index contributed by atoms with van der Waals surface area (Å²) in [4.78, 5) is 14.6. The molecule has 1 aliphatic heterocycles. The van der Waals surface area contributed by atoms with Crippen molar-refractivity contribution in [3.63, 3.8) is 0 Å². The third-order valence-corrected chi connectivity index (χ3v) is 6.15. The maximum Gasteiger partial charge on any atom is 0.243 e. The van der Waals surface area contributed by atoms with E-state index in [0.29, 0.717) is 6.54 Å². The van der Waals surface area contributed by atoms with Crippen LogP contribution in [0.1, 0.15) is 37.7 Å². The van der Waals surface area contributed by atoms with Gasteiger partial charge in [0.2, 0.25) is 5.91 Å². The van der Waals surface area contributed by atoms with Gasteiger partial charge in [-0.1, -0.05) is 31.0 Å². The second-order valence-electron chi connectivity index (χ2n) is 6.95. The first-order valence-electron chi connectivity index (χ1n) is 8.17. The predicted molar refractivity (Wildman–Crippen MR) is 91.2 cm³/mol. The van der Waals surface area contributed by atoms with Crippen LogP contribution in [0.3, 0.4) is 0 Å². The largest absolute Gasteiger partial charge is 0.320 e. The number of amides is 1. The van der Waals surface area contributed by atoms with Crippen molar-refractivity contribution in [2.24, 2.45) is 5.73 Å². The molecule has 1 amide bonds. The Morgan fingerprint density at radius 3 is 2.61 bits per heavy atom. The molecule has 6 heteroatoms. The van der Waals surface area contributed by atoms with Crippen LogP contribution in [-0.4, -0.2) is 38.9 Å². The summed E-state index contributed by atoms with van der Waals surface area (Å²) in [6.07, 6.45) is 5.93. The molecule has 1 spiro atoms. The molecule has 23 heavy (non-hydrogen) atoms. The molecule has 5 nitrogen and oxygen atoms in total. The molecule has 0 bridgehead atoms. The van der Waals surface area contributed by atoms with E-state index in [4.69, 9.17) is 5.73 Å². The van der Waals surface area contributed by atoms with Crippen molar-refractivity contribution in [1.82, 2.24) is 0 Å². The molecule has 0 radical (unpaired) electrons. The number of hydrogen-bond donors (Lipinski definition) is 1. The number of fused-ring (bicyclic) bond motifs is 2. The molecular formula is C17H24N2O3S. The average Bonchev–Trinajstić information content (AvgIpc) is 3.10. The Kier molecular flexibility index (Phi) is 4.23. The van der Waals surface area contributed by atoms with Crippen LogP contribution in [0.2, 0.25) is 0 Å². The lowest BCUT2D eigenvalue weighted by molar-refractivity contribution is -0.119. The van der Waals surface area contributed by atoms with Gasteiger partial charge >= 0.3 is 0 Å². The van der Waals surface area contributed by atoms with Gasteiger partial charge in [-0.2, -0.15) is 0 Å². The van der Waals surface area contributed by atoms with Crippen LogP contribution in [0.4, 0.5) is 5.69 Å². The third kappa shape index (κ3) is 3.15. The highest BCUT2D eigenvalue weighted by Crippen LogP contribution is 2.50. The van der Waals surface area contributed by atoms with Crippen LogP contribution in [0.5, 0.6) is 0 Å². The Hall–Kier alpha value is -1.40. The minimum Gasteiger partial charge on any atom is -0.320 e. The summed E-state index contributed by atoms with van der Waals surface area (Å²) in [6.45, 7) is 0.678. The second-order valence-corrected chi connectivity index (χ2v) is 9.21. The first kappa shape index (κ1) is 16.5. The topological polar surface area (TPSA) is 80.5 Å². The summed E-state index contributed by atoms with van der Waals surface area (Å²) in [5, 5.41) is 0. The predicted octanol–water partition coefficient (Wildman–Crippen LogP) is 1.61. The Labute approximate surface area is 137 Å². The van der Waals surface area contributed by atoms with E-state index in [1.54, 1.807) is 4.90 Å². The second kappa shape index (κ2) is 5.91. The van der Waals surface area contributed by atoms with Gasteiger partial charge in [0.25, 0.3) is 0 Å². The lowest BCUT2D eigenvalue weighted by atomic mass is 9.81. The van der Waals surface area contributed by atoms with Crippen LogP contribution in [0, 0.1) is 0 Å². The number of rotatable bonds is 4. The molecule has 0 aromatic heterocycles. The van der Waals surface area contributed by atoms with Crippen molar-refractivity contribution in [3.05, 3.63) is 29.8 Å². The van der Waals surface area contributed by atoms with Gasteiger partial charge in [0, 0.05) is 23.9 Å². The van der Waals surface area contributed by atoms with Crippen LogP contribution < -0.4 is 10.6 Å². The normalized spacial score (nSPS) is 20.7. The van der Waals surface area contributed by atoms with Gasteiger partial charge in [-0.05, 0) is 30.9 Å². The number of sulfone groups is 1. The molecule has 1 aliphatic carbocycles. The molecule has 2 N–H and O–H groups in total. The molecule has 1 aromatic carbocycles. The maximum atomic E-state index is 12.8. The quantitative estimate of drug-likeness (QED) is 0.906. The Morgan fingerprint density at radius 2 is 1.96 bits per heavy atom.